The summed E-state index contributed by atoms with van der Waals surface area (Å²) in [5, 5.41) is 18.0. The third kappa shape index (κ3) is 3.50. The summed E-state index contributed by atoms with van der Waals surface area (Å²) < 4.78 is 39.7. The molecular weight excluding hydrogens is 351 g/mol. The van der Waals surface area contributed by atoms with Gasteiger partial charge in [0.05, 0.1) is 22.7 Å². The zero-order valence-electron chi connectivity index (χ0n) is 14.0. The van der Waals surface area contributed by atoms with Gasteiger partial charge in [0.2, 0.25) is 0 Å². The molecule has 1 aromatic rings. The first-order chi connectivity index (χ1) is 11.6. The van der Waals surface area contributed by atoms with Gasteiger partial charge in [-0.15, -0.1) is 12.6 Å². The highest BCUT2D eigenvalue weighted by Crippen LogP contribution is 2.44. The molecule has 0 saturated carbocycles. The first kappa shape index (κ1) is 19.6. The van der Waals surface area contributed by atoms with Crippen LogP contribution in [0.2, 0.25) is 0 Å². The molecule has 1 aliphatic heterocycles. The number of hydrogen-bond donors (Lipinski definition) is 2. The number of rotatable bonds is 4. The highest BCUT2D eigenvalue weighted by molar-refractivity contribution is 7.81. The van der Waals surface area contributed by atoms with Gasteiger partial charge in [-0.25, -0.2) is 0 Å². The predicted molar refractivity (Wildman–Crippen MR) is 93.0 cm³/mol. The lowest BCUT2D eigenvalue weighted by Crippen LogP contribution is -2.43. The number of anilines is 1. The van der Waals surface area contributed by atoms with Crippen LogP contribution in [0.3, 0.4) is 0 Å². The monoisotopic (exact) mass is 371 g/mol. The number of hydrogen-bond acceptors (Lipinski definition) is 5. The minimum Gasteiger partial charge on any atom is -0.396 e. The number of aliphatic hydroxyl groups is 1. The normalized spacial score (nSPS) is 20.8. The zero-order chi connectivity index (χ0) is 19.0. The molecule has 136 valence electrons. The Labute approximate surface area is 150 Å². The molecule has 4 nitrogen and oxygen atoms in total. The van der Waals surface area contributed by atoms with E-state index in [-0.39, 0.29) is 12.3 Å². The second kappa shape index (κ2) is 6.90. The molecule has 1 saturated heterocycles. The van der Waals surface area contributed by atoms with E-state index in [2.05, 4.69) is 19.2 Å². The summed E-state index contributed by atoms with van der Waals surface area (Å²) in [5.41, 5.74) is -1.59. The standard InChI is InChI=1S/C17H20F3N3OS/c1-11-16(2,3)22(7-4-8-24)15(25)23(11)13-6-5-12(10-21)14(9-13)17(18,19)20/h5-6,9,15,24-25H,1,4,7-8H2,2-3H3. The Morgan fingerprint density at radius 2 is 2.04 bits per heavy atom. The average Bonchev–Trinajstić information content (AvgIpc) is 2.70. The fourth-order valence-corrected chi connectivity index (χ4v) is 3.64. The van der Waals surface area contributed by atoms with E-state index in [9.17, 15) is 13.2 Å². The Morgan fingerprint density at radius 1 is 1.40 bits per heavy atom. The van der Waals surface area contributed by atoms with Crippen LogP contribution in [-0.4, -0.2) is 34.2 Å². The maximum absolute atomic E-state index is 13.2. The van der Waals surface area contributed by atoms with Gasteiger partial charge in [-0.05, 0) is 38.5 Å². The largest absolute Gasteiger partial charge is 0.417 e. The van der Waals surface area contributed by atoms with Gasteiger partial charge in [-0.1, -0.05) is 6.58 Å². The number of alkyl halides is 3. The van der Waals surface area contributed by atoms with Crippen LogP contribution in [0.15, 0.2) is 30.5 Å². The van der Waals surface area contributed by atoms with Crippen LogP contribution < -0.4 is 4.90 Å². The Hall–Kier alpha value is -1.69. The van der Waals surface area contributed by atoms with Crippen molar-refractivity contribution in [3.05, 3.63) is 41.6 Å². The van der Waals surface area contributed by atoms with Crippen LogP contribution >= 0.6 is 12.6 Å². The SMILES string of the molecule is C=C1N(c2ccc(C#N)c(C(F)(F)F)c2)C(S)N(CCCO)C1(C)C. The van der Waals surface area contributed by atoms with Crippen molar-refractivity contribution in [1.29, 1.82) is 5.26 Å². The number of aliphatic hydroxyl groups excluding tert-OH is 1. The van der Waals surface area contributed by atoms with Gasteiger partial charge in [0.1, 0.15) is 5.50 Å². The fraction of sp³-hybridized carbons (Fsp3) is 0.471. The molecule has 1 atom stereocenters. The van der Waals surface area contributed by atoms with E-state index in [1.807, 2.05) is 18.7 Å². The summed E-state index contributed by atoms with van der Waals surface area (Å²) in [6.45, 7) is 8.38. The van der Waals surface area contributed by atoms with E-state index in [0.29, 0.717) is 18.7 Å². The molecule has 1 aromatic carbocycles. The minimum absolute atomic E-state index is 0.00857. The Bertz CT molecular complexity index is 712. The van der Waals surface area contributed by atoms with E-state index in [1.54, 1.807) is 11.0 Å². The molecule has 1 aliphatic rings. The smallest absolute Gasteiger partial charge is 0.396 e. The van der Waals surface area contributed by atoms with Gasteiger partial charge in [-0.3, -0.25) is 4.90 Å². The molecule has 0 bridgehead atoms. The molecule has 1 N–H and O–H groups in total. The van der Waals surface area contributed by atoms with Crippen molar-refractivity contribution >= 4 is 18.3 Å². The van der Waals surface area contributed by atoms with Crippen molar-refractivity contribution in [3.8, 4) is 6.07 Å². The number of thiol groups is 1. The van der Waals surface area contributed by atoms with E-state index < -0.39 is 28.3 Å². The van der Waals surface area contributed by atoms with Crippen molar-refractivity contribution in [3.63, 3.8) is 0 Å². The molecule has 0 amide bonds. The molecule has 1 unspecified atom stereocenters. The van der Waals surface area contributed by atoms with Crippen LogP contribution in [0, 0.1) is 11.3 Å². The second-order valence-electron chi connectivity index (χ2n) is 6.33. The fourth-order valence-electron chi connectivity index (χ4n) is 2.97. The van der Waals surface area contributed by atoms with Crippen molar-refractivity contribution in [2.75, 3.05) is 18.1 Å². The Balaban J connectivity index is 2.48. The summed E-state index contributed by atoms with van der Waals surface area (Å²) >= 11 is 4.56. The topological polar surface area (TPSA) is 50.5 Å². The molecule has 0 aromatic heterocycles. The van der Waals surface area contributed by atoms with E-state index in [1.165, 1.54) is 6.07 Å². The molecule has 1 fully saturated rings. The van der Waals surface area contributed by atoms with Crippen LogP contribution in [0.25, 0.3) is 0 Å². The molecule has 25 heavy (non-hydrogen) atoms. The number of halogens is 3. The van der Waals surface area contributed by atoms with Crippen molar-refractivity contribution in [2.45, 2.75) is 37.5 Å². The summed E-state index contributed by atoms with van der Waals surface area (Å²) in [6.07, 6.45) is -4.11. The molecule has 8 heteroatoms. The third-order valence-corrected chi connectivity index (χ3v) is 5.00. The summed E-state index contributed by atoms with van der Waals surface area (Å²) in [5.74, 6) is 0. The number of nitrogens with zero attached hydrogens (tertiary/aromatic N) is 3. The second-order valence-corrected chi connectivity index (χ2v) is 6.79. The van der Waals surface area contributed by atoms with Gasteiger partial charge in [0, 0.05) is 24.5 Å². The van der Waals surface area contributed by atoms with Gasteiger partial charge in [-0.2, -0.15) is 18.4 Å². The molecule has 2 rings (SSSR count). The first-order valence-corrected chi connectivity index (χ1v) is 8.23. The molecular formula is C17H20F3N3OS. The van der Waals surface area contributed by atoms with Gasteiger partial charge >= 0.3 is 6.18 Å². The lowest BCUT2D eigenvalue weighted by atomic mass is 10.00. The zero-order valence-corrected chi connectivity index (χ0v) is 14.9. The molecule has 1 heterocycles. The van der Waals surface area contributed by atoms with Crippen LogP contribution in [0.4, 0.5) is 18.9 Å². The maximum Gasteiger partial charge on any atom is 0.417 e. The minimum atomic E-state index is -4.62. The Morgan fingerprint density at radius 3 is 2.56 bits per heavy atom. The quantitative estimate of drug-likeness (QED) is 0.795. The van der Waals surface area contributed by atoms with Gasteiger partial charge in [0.15, 0.2) is 0 Å². The van der Waals surface area contributed by atoms with Crippen molar-refractivity contribution in [1.82, 2.24) is 4.90 Å². The highest BCUT2D eigenvalue weighted by atomic mass is 32.1. The van der Waals surface area contributed by atoms with Crippen molar-refractivity contribution in [2.24, 2.45) is 0 Å². The van der Waals surface area contributed by atoms with Gasteiger partial charge < -0.3 is 10.0 Å². The lowest BCUT2D eigenvalue weighted by molar-refractivity contribution is -0.137. The lowest BCUT2D eigenvalue weighted by Gasteiger charge is -2.32. The maximum atomic E-state index is 13.2. The van der Waals surface area contributed by atoms with E-state index in [4.69, 9.17) is 10.4 Å². The van der Waals surface area contributed by atoms with Crippen LogP contribution in [0.5, 0.6) is 0 Å². The van der Waals surface area contributed by atoms with Crippen LogP contribution in [0.1, 0.15) is 31.4 Å². The molecule has 0 radical (unpaired) electrons. The van der Waals surface area contributed by atoms with Crippen LogP contribution in [-0.2, 0) is 6.18 Å². The van der Waals surface area contributed by atoms with Gasteiger partial charge in [0.25, 0.3) is 0 Å². The average molecular weight is 371 g/mol. The first-order valence-electron chi connectivity index (χ1n) is 7.71. The predicted octanol–water partition coefficient (Wildman–Crippen LogP) is 3.59. The summed E-state index contributed by atoms with van der Waals surface area (Å²) in [7, 11) is 0. The molecule has 0 aliphatic carbocycles. The highest BCUT2D eigenvalue weighted by Gasteiger charge is 2.46. The van der Waals surface area contributed by atoms with E-state index in [0.717, 1.165) is 12.1 Å². The van der Waals surface area contributed by atoms with E-state index >= 15 is 0 Å². The van der Waals surface area contributed by atoms with Crippen molar-refractivity contribution < 1.29 is 18.3 Å². The Kier molecular flexibility index (Phi) is 5.42. The summed E-state index contributed by atoms with van der Waals surface area (Å²) in [4.78, 5) is 3.58. The molecule has 0 spiro atoms. The number of nitriles is 1. The number of benzene rings is 1. The summed E-state index contributed by atoms with van der Waals surface area (Å²) in [6, 6.07) is 5.16. The third-order valence-electron chi connectivity index (χ3n) is 4.49.